The fraction of sp³-hybridized carbons (Fsp3) is 0.531. The lowest BCUT2D eigenvalue weighted by molar-refractivity contribution is -0.167. The van der Waals surface area contributed by atoms with E-state index in [0.717, 1.165) is 70.6 Å². The van der Waals surface area contributed by atoms with Gasteiger partial charge in [0.15, 0.2) is 6.10 Å². The minimum absolute atomic E-state index is 0.132. The van der Waals surface area contributed by atoms with E-state index in [4.69, 9.17) is 14.2 Å². The van der Waals surface area contributed by atoms with E-state index in [0.29, 0.717) is 19.3 Å². The minimum atomic E-state index is -0.836. The first kappa shape index (κ1) is 50.8. The summed E-state index contributed by atoms with van der Waals surface area (Å²) in [5.74, 6) is -1.08. The largest absolute Gasteiger partial charge is 0.462 e. The molecule has 0 rings (SSSR count). The summed E-state index contributed by atoms with van der Waals surface area (Å²) in [6, 6.07) is 0. The smallest absolute Gasteiger partial charge is 0.306 e. The number of rotatable bonds is 35. The molecule has 0 amide bonds. The molecule has 0 bridgehead atoms. The van der Waals surface area contributed by atoms with Gasteiger partial charge >= 0.3 is 17.9 Å². The maximum Gasteiger partial charge on any atom is 0.306 e. The van der Waals surface area contributed by atoms with Crippen LogP contribution in [0.1, 0.15) is 149 Å². The van der Waals surface area contributed by atoms with Crippen LogP contribution in [0.25, 0.3) is 0 Å². The number of unbranched alkanes of at least 4 members (excludes halogenated alkanes) is 11. The number of ether oxygens (including phenoxy) is 3. The summed E-state index contributed by atoms with van der Waals surface area (Å²) >= 11 is 0. The summed E-state index contributed by atoms with van der Waals surface area (Å²) in [5.41, 5.74) is 0. The van der Waals surface area contributed by atoms with E-state index in [1.54, 1.807) is 0 Å². The lowest BCUT2D eigenvalue weighted by Gasteiger charge is -2.18. The molecule has 1 atom stereocenters. The van der Waals surface area contributed by atoms with Crippen molar-refractivity contribution in [3.05, 3.63) is 122 Å². The van der Waals surface area contributed by atoms with Crippen molar-refractivity contribution in [2.75, 3.05) is 13.2 Å². The predicted octanol–water partition coefficient (Wildman–Crippen LogP) is 13.4. The summed E-state index contributed by atoms with van der Waals surface area (Å²) in [4.78, 5) is 37.6. The quantitative estimate of drug-likeness (QED) is 0.0210. The van der Waals surface area contributed by atoms with Gasteiger partial charge in [-0.15, -0.1) is 0 Å². The van der Waals surface area contributed by atoms with Crippen molar-refractivity contribution in [1.82, 2.24) is 0 Å². The first-order chi connectivity index (χ1) is 27.0. The molecule has 0 radical (unpaired) electrons. The van der Waals surface area contributed by atoms with Gasteiger partial charge in [-0.3, -0.25) is 14.4 Å². The molecule has 0 aliphatic carbocycles. The molecule has 55 heavy (non-hydrogen) atoms. The van der Waals surface area contributed by atoms with Crippen molar-refractivity contribution in [3.8, 4) is 0 Å². The lowest BCUT2D eigenvalue weighted by atomic mass is 10.1. The summed E-state index contributed by atoms with van der Waals surface area (Å²) in [7, 11) is 0. The van der Waals surface area contributed by atoms with Crippen LogP contribution < -0.4 is 0 Å². The number of carbonyl (C=O) groups excluding carboxylic acids is 3. The summed E-state index contributed by atoms with van der Waals surface area (Å²) in [6.45, 7) is 6.16. The van der Waals surface area contributed by atoms with Crippen LogP contribution in [-0.2, 0) is 28.6 Å². The molecule has 0 saturated heterocycles. The number of allylic oxidation sites excluding steroid dienone is 20. The third-order valence-electron chi connectivity index (χ3n) is 8.15. The molecule has 0 saturated carbocycles. The van der Waals surface area contributed by atoms with E-state index in [1.165, 1.54) is 25.7 Å². The van der Waals surface area contributed by atoms with Gasteiger partial charge in [0.25, 0.3) is 0 Å². The molecular weight excluding hydrogens is 685 g/mol. The number of carbonyl (C=O) groups is 3. The molecule has 0 aliphatic rings. The monoisotopic (exact) mass is 759 g/mol. The molecule has 0 aromatic heterocycles. The van der Waals surface area contributed by atoms with E-state index >= 15 is 0 Å². The number of hydrogen-bond donors (Lipinski definition) is 0. The maximum absolute atomic E-state index is 12.6. The molecule has 0 N–H and O–H groups in total. The standard InChI is InChI=1S/C49H74O6/c1-4-7-10-13-16-19-21-23-24-26-27-30-33-36-39-42-48(51)54-45-46(44-53-47(50)41-38-35-32-29-18-15-12-9-6-3)55-49(52)43-40-37-34-31-28-25-22-20-17-14-11-8-5-2/h7-8,10-11,13-14,16-17,19-25,28-29,31-32,34,46H,4-6,9,12,15,18,26-27,30,33,35-45H2,1-3H3/b10-7-,11-8-,16-13-,17-14-,21-19-,22-20-,24-23-,28-25-,32-29-,34-31-. The van der Waals surface area contributed by atoms with Gasteiger partial charge in [0.2, 0.25) is 0 Å². The van der Waals surface area contributed by atoms with Crippen LogP contribution in [-0.4, -0.2) is 37.2 Å². The Hall–Kier alpha value is -4.19. The highest BCUT2D eigenvalue weighted by Gasteiger charge is 2.19. The molecular formula is C49H74O6. The molecule has 306 valence electrons. The first-order valence-corrected chi connectivity index (χ1v) is 21.2. The number of esters is 3. The lowest BCUT2D eigenvalue weighted by Crippen LogP contribution is -2.30. The molecule has 0 aromatic rings. The van der Waals surface area contributed by atoms with Gasteiger partial charge in [0.05, 0.1) is 0 Å². The summed E-state index contributed by atoms with van der Waals surface area (Å²) in [6.07, 6.45) is 57.7. The Morgan fingerprint density at radius 2 is 0.745 bits per heavy atom. The normalized spacial score (nSPS) is 13.3. The topological polar surface area (TPSA) is 78.9 Å². The third-order valence-corrected chi connectivity index (χ3v) is 8.15. The van der Waals surface area contributed by atoms with Crippen LogP contribution in [0.3, 0.4) is 0 Å². The average Bonchev–Trinajstić information content (AvgIpc) is 3.18. The highest BCUT2D eigenvalue weighted by atomic mass is 16.6. The van der Waals surface area contributed by atoms with Crippen molar-refractivity contribution >= 4 is 17.9 Å². The minimum Gasteiger partial charge on any atom is -0.462 e. The van der Waals surface area contributed by atoms with E-state index in [2.05, 4.69) is 63.3 Å². The van der Waals surface area contributed by atoms with E-state index in [1.807, 2.05) is 79.0 Å². The Labute approximate surface area is 335 Å². The van der Waals surface area contributed by atoms with Gasteiger partial charge in [-0.25, -0.2) is 0 Å². The van der Waals surface area contributed by atoms with Crippen molar-refractivity contribution in [2.24, 2.45) is 0 Å². The molecule has 0 aromatic carbocycles. The highest BCUT2D eigenvalue weighted by Crippen LogP contribution is 2.10. The molecule has 6 nitrogen and oxygen atoms in total. The second-order valence-corrected chi connectivity index (χ2v) is 13.3. The zero-order chi connectivity index (χ0) is 40.1. The number of hydrogen-bond acceptors (Lipinski definition) is 6. The first-order valence-electron chi connectivity index (χ1n) is 21.2. The molecule has 0 aliphatic heterocycles. The summed E-state index contributed by atoms with van der Waals surface area (Å²) < 4.78 is 16.5. The van der Waals surface area contributed by atoms with Crippen LogP contribution in [0.15, 0.2) is 122 Å². The third kappa shape index (κ3) is 40.8. The fourth-order valence-corrected chi connectivity index (χ4v) is 5.01. The Morgan fingerprint density at radius 3 is 1.25 bits per heavy atom. The molecule has 1 unspecified atom stereocenters. The van der Waals surface area contributed by atoms with E-state index < -0.39 is 12.1 Å². The SMILES string of the molecule is CC\C=C/C=C\C=C/C=C\C=C/CCCC(=O)OC(COC(=O)CCC/C=C\CCCCCC)COC(=O)CCCCCCC\C=C/C=C\C=C/C=C\CC. The van der Waals surface area contributed by atoms with Crippen LogP contribution in [0, 0.1) is 0 Å². The Balaban J connectivity index is 4.59. The van der Waals surface area contributed by atoms with Crippen molar-refractivity contribution < 1.29 is 28.6 Å². The summed E-state index contributed by atoms with van der Waals surface area (Å²) in [5, 5.41) is 0. The van der Waals surface area contributed by atoms with Gasteiger partial charge < -0.3 is 14.2 Å². The van der Waals surface area contributed by atoms with Crippen molar-refractivity contribution in [1.29, 1.82) is 0 Å². The predicted molar refractivity (Wildman–Crippen MR) is 233 cm³/mol. The van der Waals surface area contributed by atoms with Gasteiger partial charge in [-0.1, -0.05) is 181 Å². The second kappa shape index (κ2) is 42.6. The van der Waals surface area contributed by atoms with E-state index in [-0.39, 0.29) is 38.0 Å². The van der Waals surface area contributed by atoms with Crippen LogP contribution in [0.5, 0.6) is 0 Å². The van der Waals surface area contributed by atoms with Crippen molar-refractivity contribution in [2.45, 2.75) is 155 Å². The highest BCUT2D eigenvalue weighted by molar-refractivity contribution is 5.71. The Kier molecular flexibility index (Phi) is 39.3. The van der Waals surface area contributed by atoms with Crippen LogP contribution >= 0.6 is 0 Å². The van der Waals surface area contributed by atoms with Gasteiger partial charge in [0, 0.05) is 19.3 Å². The molecule has 0 fully saturated rings. The molecule has 0 heterocycles. The van der Waals surface area contributed by atoms with Gasteiger partial charge in [0.1, 0.15) is 13.2 Å². The van der Waals surface area contributed by atoms with Gasteiger partial charge in [-0.2, -0.15) is 0 Å². The second-order valence-electron chi connectivity index (χ2n) is 13.3. The average molecular weight is 759 g/mol. The zero-order valence-corrected chi connectivity index (χ0v) is 34.6. The van der Waals surface area contributed by atoms with Gasteiger partial charge in [-0.05, 0) is 70.6 Å². The maximum atomic E-state index is 12.6. The zero-order valence-electron chi connectivity index (χ0n) is 34.6. The van der Waals surface area contributed by atoms with E-state index in [9.17, 15) is 14.4 Å². The van der Waals surface area contributed by atoms with Crippen LogP contribution in [0.2, 0.25) is 0 Å². The fourth-order valence-electron chi connectivity index (χ4n) is 5.01. The van der Waals surface area contributed by atoms with Crippen LogP contribution in [0.4, 0.5) is 0 Å². The molecule has 6 heteroatoms. The van der Waals surface area contributed by atoms with Crippen molar-refractivity contribution in [3.63, 3.8) is 0 Å². The Bertz CT molecular complexity index is 1240. The molecule has 0 spiro atoms. The Morgan fingerprint density at radius 1 is 0.382 bits per heavy atom.